The summed E-state index contributed by atoms with van der Waals surface area (Å²) in [7, 11) is 1.75. The summed E-state index contributed by atoms with van der Waals surface area (Å²) in [5.41, 5.74) is 7.25. The van der Waals surface area contributed by atoms with Crippen LogP contribution in [0.3, 0.4) is 0 Å². The van der Waals surface area contributed by atoms with Crippen LogP contribution in [0.5, 0.6) is 5.75 Å². The molecule has 0 aliphatic carbocycles. The molecule has 2 N–H and O–H groups in total. The largest absolute Gasteiger partial charge is 0.496 e. The lowest BCUT2D eigenvalue weighted by atomic mass is 9.67. The van der Waals surface area contributed by atoms with Gasteiger partial charge < -0.3 is 15.4 Å². The number of halogens is 1. The molecule has 4 aromatic carbocycles. The van der Waals surface area contributed by atoms with E-state index in [0.717, 1.165) is 56.4 Å². The smallest absolute Gasteiger partial charge is 0.220 e. The normalized spacial score (nSPS) is 16.2. The van der Waals surface area contributed by atoms with E-state index in [2.05, 4.69) is 97.3 Å². The lowest BCUT2D eigenvalue weighted by molar-refractivity contribution is -0.121. The molecule has 45 heavy (non-hydrogen) atoms. The van der Waals surface area contributed by atoms with Crippen molar-refractivity contribution in [1.29, 1.82) is 0 Å². The number of ether oxygens (including phenoxy) is 1. The fraction of sp³-hybridized carbons (Fsp3) is 0.375. The molecule has 1 aliphatic rings. The average molecular weight is 607 g/mol. The first-order chi connectivity index (χ1) is 21.8. The van der Waals surface area contributed by atoms with Crippen molar-refractivity contribution < 1.29 is 13.9 Å². The molecule has 0 bridgehead atoms. The van der Waals surface area contributed by atoms with Crippen LogP contribution in [0.25, 0.3) is 0 Å². The van der Waals surface area contributed by atoms with E-state index in [0.29, 0.717) is 19.4 Å². The molecule has 4 nitrogen and oxygen atoms in total. The first-order valence-electron chi connectivity index (χ1n) is 16.4. The highest BCUT2D eigenvalue weighted by molar-refractivity contribution is 5.76. The number of carbonyl (C=O) groups excluding carboxylic acids is 1. The van der Waals surface area contributed by atoms with E-state index in [4.69, 9.17) is 4.74 Å². The predicted molar refractivity (Wildman–Crippen MR) is 181 cm³/mol. The van der Waals surface area contributed by atoms with E-state index in [9.17, 15) is 9.18 Å². The summed E-state index contributed by atoms with van der Waals surface area (Å²) < 4.78 is 19.0. The second-order valence-electron chi connectivity index (χ2n) is 12.7. The summed E-state index contributed by atoms with van der Waals surface area (Å²) in [4.78, 5) is 12.7. The topological polar surface area (TPSA) is 50.4 Å². The van der Waals surface area contributed by atoms with Crippen molar-refractivity contribution in [2.24, 2.45) is 0 Å². The molecule has 1 atom stereocenters. The summed E-state index contributed by atoms with van der Waals surface area (Å²) in [5.74, 6) is 0.726. The van der Waals surface area contributed by atoms with Crippen LogP contribution in [-0.4, -0.2) is 26.1 Å². The standard InChI is InChI=1S/C40H47FN2O2/c1-30-28-32-22-27-43-39(2,36(32)29-37(30)45-3)23-10-24-40(33-12-6-4-7-13-33,34-14-8-5-9-15-34)25-11-26-42-38(44)21-18-31-16-19-35(41)20-17-31/h4-9,12-17,19-20,28-29,43H,10-11,18,21-27H2,1-3H3,(H,42,44). The van der Waals surface area contributed by atoms with Gasteiger partial charge in [-0.05, 0) is 110 Å². The second-order valence-corrected chi connectivity index (χ2v) is 12.7. The van der Waals surface area contributed by atoms with Crippen LogP contribution < -0.4 is 15.4 Å². The number of aryl methyl sites for hydroxylation is 2. The van der Waals surface area contributed by atoms with E-state index in [1.165, 1.54) is 39.9 Å². The Morgan fingerprint density at radius 2 is 1.58 bits per heavy atom. The third-order valence-electron chi connectivity index (χ3n) is 9.71. The van der Waals surface area contributed by atoms with E-state index in [-0.39, 0.29) is 22.7 Å². The number of methoxy groups -OCH3 is 1. The molecule has 1 amide bonds. The third-order valence-corrected chi connectivity index (χ3v) is 9.71. The van der Waals surface area contributed by atoms with Gasteiger partial charge >= 0.3 is 0 Å². The maximum Gasteiger partial charge on any atom is 0.220 e. The van der Waals surface area contributed by atoms with E-state index >= 15 is 0 Å². The van der Waals surface area contributed by atoms with Gasteiger partial charge in [0.2, 0.25) is 5.91 Å². The first-order valence-corrected chi connectivity index (χ1v) is 16.4. The van der Waals surface area contributed by atoms with Crippen LogP contribution in [0, 0.1) is 12.7 Å². The zero-order valence-electron chi connectivity index (χ0n) is 27.0. The van der Waals surface area contributed by atoms with E-state index in [1.54, 1.807) is 19.2 Å². The lowest BCUT2D eigenvalue weighted by Crippen LogP contribution is -2.45. The molecule has 0 fully saturated rings. The maximum absolute atomic E-state index is 13.2. The summed E-state index contributed by atoms with van der Waals surface area (Å²) in [5, 5.41) is 7.00. The van der Waals surface area contributed by atoms with Gasteiger partial charge in [-0.3, -0.25) is 4.79 Å². The van der Waals surface area contributed by atoms with Crippen molar-refractivity contribution in [1.82, 2.24) is 10.6 Å². The molecule has 0 spiro atoms. The van der Waals surface area contributed by atoms with Crippen molar-refractivity contribution >= 4 is 5.91 Å². The van der Waals surface area contributed by atoms with Crippen LogP contribution >= 0.6 is 0 Å². The minimum atomic E-state index is -0.257. The zero-order valence-corrected chi connectivity index (χ0v) is 27.0. The van der Waals surface area contributed by atoms with Gasteiger partial charge in [-0.1, -0.05) is 85.3 Å². The Bertz CT molecular complexity index is 1500. The molecule has 236 valence electrons. The van der Waals surface area contributed by atoms with Crippen LogP contribution in [0.4, 0.5) is 4.39 Å². The molecule has 1 aliphatic heterocycles. The highest BCUT2D eigenvalue weighted by Crippen LogP contribution is 2.43. The van der Waals surface area contributed by atoms with E-state index in [1.807, 2.05) is 0 Å². The maximum atomic E-state index is 13.2. The van der Waals surface area contributed by atoms with Gasteiger partial charge in [0, 0.05) is 23.9 Å². The number of nitrogens with one attached hydrogen (secondary N) is 2. The van der Waals surface area contributed by atoms with Crippen LogP contribution in [-0.2, 0) is 28.6 Å². The third kappa shape index (κ3) is 7.83. The second kappa shape index (κ2) is 14.9. The highest BCUT2D eigenvalue weighted by Gasteiger charge is 2.36. The number of fused-ring (bicyclic) bond motifs is 1. The molecule has 5 heteroatoms. The Balaban J connectivity index is 1.31. The van der Waals surface area contributed by atoms with Gasteiger partial charge in [0.25, 0.3) is 0 Å². The Kier molecular flexibility index (Phi) is 10.7. The summed E-state index contributed by atoms with van der Waals surface area (Å²) >= 11 is 0. The predicted octanol–water partition coefficient (Wildman–Crippen LogP) is 8.19. The van der Waals surface area contributed by atoms with Crippen LogP contribution in [0.2, 0.25) is 0 Å². The van der Waals surface area contributed by atoms with Gasteiger partial charge in [0.05, 0.1) is 7.11 Å². The van der Waals surface area contributed by atoms with Crippen molar-refractivity contribution in [3.63, 3.8) is 0 Å². The van der Waals surface area contributed by atoms with Gasteiger partial charge in [0.15, 0.2) is 0 Å². The number of hydrogen-bond acceptors (Lipinski definition) is 3. The molecule has 1 unspecified atom stereocenters. The van der Waals surface area contributed by atoms with E-state index < -0.39 is 0 Å². The number of hydrogen-bond donors (Lipinski definition) is 2. The van der Waals surface area contributed by atoms with Crippen LogP contribution in [0.15, 0.2) is 97.1 Å². The minimum Gasteiger partial charge on any atom is -0.496 e. The SMILES string of the molecule is COc1cc2c(cc1C)CCNC2(C)CCCC(CCCNC(=O)CCc1ccc(F)cc1)(c1ccccc1)c1ccccc1. The Morgan fingerprint density at radius 3 is 2.22 bits per heavy atom. The minimum absolute atomic E-state index is 0.0324. The summed E-state index contributed by atoms with van der Waals surface area (Å²) in [6.45, 7) is 6.06. The number of benzene rings is 4. The van der Waals surface area contributed by atoms with Gasteiger partial charge in [-0.25, -0.2) is 4.39 Å². The summed E-state index contributed by atoms with van der Waals surface area (Å²) in [6, 6.07) is 32.7. The number of carbonyl (C=O) groups is 1. The molecule has 0 saturated heterocycles. The van der Waals surface area contributed by atoms with Gasteiger partial charge in [0.1, 0.15) is 11.6 Å². The lowest BCUT2D eigenvalue weighted by Gasteiger charge is -2.40. The highest BCUT2D eigenvalue weighted by atomic mass is 19.1. The molecule has 4 aromatic rings. The summed E-state index contributed by atoms with van der Waals surface area (Å²) in [6.07, 6.45) is 6.85. The van der Waals surface area contributed by atoms with Crippen molar-refractivity contribution in [3.8, 4) is 5.75 Å². The fourth-order valence-electron chi connectivity index (χ4n) is 7.22. The fourth-order valence-corrected chi connectivity index (χ4v) is 7.22. The Labute approximate surface area is 268 Å². The first kappa shape index (κ1) is 32.4. The van der Waals surface area contributed by atoms with Gasteiger partial charge in [-0.15, -0.1) is 0 Å². The Hall–Kier alpha value is -3.96. The zero-order chi connectivity index (χ0) is 31.7. The van der Waals surface area contributed by atoms with Crippen molar-refractivity contribution in [2.45, 2.75) is 76.2 Å². The quantitative estimate of drug-likeness (QED) is 0.142. The number of amides is 1. The molecular weight excluding hydrogens is 559 g/mol. The molecule has 1 heterocycles. The monoisotopic (exact) mass is 606 g/mol. The Morgan fingerprint density at radius 1 is 0.933 bits per heavy atom. The molecule has 0 aromatic heterocycles. The number of rotatable bonds is 14. The molecule has 0 radical (unpaired) electrons. The van der Waals surface area contributed by atoms with Crippen molar-refractivity contribution in [2.75, 3.05) is 20.2 Å². The molecule has 0 saturated carbocycles. The molecular formula is C40H47FN2O2. The van der Waals surface area contributed by atoms with Crippen molar-refractivity contribution in [3.05, 3.63) is 136 Å². The molecule has 5 rings (SSSR count). The van der Waals surface area contributed by atoms with Gasteiger partial charge in [-0.2, -0.15) is 0 Å². The average Bonchev–Trinajstić information content (AvgIpc) is 3.06. The van der Waals surface area contributed by atoms with Crippen LogP contribution in [0.1, 0.15) is 78.8 Å².